The molecule has 1 saturated heterocycles. The highest BCUT2D eigenvalue weighted by Crippen LogP contribution is 2.33. The SMILES string of the molecule is CC1(C)CC(=O)NC(=O)C1C(N)=O. The molecule has 1 rings (SSSR count). The smallest absolute Gasteiger partial charge is 0.239 e. The van der Waals surface area contributed by atoms with Crippen molar-refractivity contribution in [3.05, 3.63) is 0 Å². The molecule has 0 saturated carbocycles. The van der Waals surface area contributed by atoms with Crippen LogP contribution >= 0.6 is 0 Å². The first-order valence-electron chi connectivity index (χ1n) is 3.97. The van der Waals surface area contributed by atoms with Crippen molar-refractivity contribution < 1.29 is 14.4 Å². The predicted octanol–water partition coefficient (Wildman–Crippen LogP) is -0.839. The predicted molar refractivity (Wildman–Crippen MR) is 44.2 cm³/mol. The highest BCUT2D eigenvalue weighted by Gasteiger charge is 2.45. The number of nitrogens with two attached hydrogens (primary N) is 1. The average molecular weight is 184 g/mol. The van der Waals surface area contributed by atoms with Crippen LogP contribution in [-0.4, -0.2) is 17.7 Å². The van der Waals surface area contributed by atoms with Crippen LogP contribution in [0.2, 0.25) is 0 Å². The third-order valence-corrected chi connectivity index (χ3v) is 2.21. The molecule has 0 aliphatic carbocycles. The van der Waals surface area contributed by atoms with Gasteiger partial charge in [-0.1, -0.05) is 13.8 Å². The van der Waals surface area contributed by atoms with Gasteiger partial charge >= 0.3 is 0 Å². The highest BCUT2D eigenvalue weighted by atomic mass is 16.2. The van der Waals surface area contributed by atoms with Gasteiger partial charge in [0.15, 0.2) is 0 Å². The molecule has 3 N–H and O–H groups in total. The van der Waals surface area contributed by atoms with Gasteiger partial charge in [-0.25, -0.2) is 0 Å². The van der Waals surface area contributed by atoms with Gasteiger partial charge in [0.2, 0.25) is 17.7 Å². The van der Waals surface area contributed by atoms with Gasteiger partial charge in [-0.15, -0.1) is 0 Å². The van der Waals surface area contributed by atoms with Crippen molar-refractivity contribution >= 4 is 17.7 Å². The molecule has 0 radical (unpaired) electrons. The van der Waals surface area contributed by atoms with Gasteiger partial charge in [-0.3, -0.25) is 19.7 Å². The van der Waals surface area contributed by atoms with Crippen molar-refractivity contribution in [3.8, 4) is 0 Å². The average Bonchev–Trinajstić information content (AvgIpc) is 1.78. The first-order chi connectivity index (χ1) is 5.84. The summed E-state index contributed by atoms with van der Waals surface area (Å²) in [6, 6.07) is 0. The van der Waals surface area contributed by atoms with Crippen LogP contribution in [0.5, 0.6) is 0 Å². The number of rotatable bonds is 1. The number of hydrogen-bond donors (Lipinski definition) is 2. The van der Waals surface area contributed by atoms with Gasteiger partial charge in [0.25, 0.3) is 0 Å². The minimum absolute atomic E-state index is 0.145. The minimum Gasteiger partial charge on any atom is -0.369 e. The Kier molecular flexibility index (Phi) is 2.11. The molecule has 1 atom stereocenters. The Bertz CT molecular complexity index is 283. The molecule has 3 amide bonds. The topological polar surface area (TPSA) is 89.3 Å². The molecular weight excluding hydrogens is 172 g/mol. The molecule has 1 unspecified atom stereocenters. The van der Waals surface area contributed by atoms with Crippen molar-refractivity contribution in [1.82, 2.24) is 5.32 Å². The second-order valence-electron chi connectivity index (χ2n) is 3.91. The lowest BCUT2D eigenvalue weighted by Crippen LogP contribution is -2.54. The first-order valence-corrected chi connectivity index (χ1v) is 3.97. The summed E-state index contributed by atoms with van der Waals surface area (Å²) in [4.78, 5) is 33.1. The summed E-state index contributed by atoms with van der Waals surface area (Å²) in [5, 5.41) is 2.09. The Morgan fingerprint density at radius 3 is 2.46 bits per heavy atom. The van der Waals surface area contributed by atoms with Crippen LogP contribution in [0.3, 0.4) is 0 Å². The van der Waals surface area contributed by atoms with Crippen LogP contribution in [0.4, 0.5) is 0 Å². The van der Waals surface area contributed by atoms with Gasteiger partial charge < -0.3 is 5.73 Å². The van der Waals surface area contributed by atoms with Crippen LogP contribution < -0.4 is 11.1 Å². The Labute approximate surface area is 75.7 Å². The van der Waals surface area contributed by atoms with E-state index >= 15 is 0 Å². The van der Waals surface area contributed by atoms with Crippen LogP contribution in [0.1, 0.15) is 20.3 Å². The lowest BCUT2D eigenvalue weighted by Gasteiger charge is -2.34. The number of amides is 3. The van der Waals surface area contributed by atoms with E-state index in [1.807, 2.05) is 0 Å². The van der Waals surface area contributed by atoms with E-state index in [1.54, 1.807) is 13.8 Å². The first kappa shape index (κ1) is 9.70. The maximum Gasteiger partial charge on any atom is 0.239 e. The van der Waals surface area contributed by atoms with Crippen molar-refractivity contribution in [2.45, 2.75) is 20.3 Å². The van der Waals surface area contributed by atoms with Crippen molar-refractivity contribution in [2.24, 2.45) is 17.1 Å². The largest absolute Gasteiger partial charge is 0.369 e. The number of nitrogens with one attached hydrogen (secondary N) is 1. The summed E-state index contributed by atoms with van der Waals surface area (Å²) >= 11 is 0. The van der Waals surface area contributed by atoms with Crippen molar-refractivity contribution in [1.29, 1.82) is 0 Å². The zero-order chi connectivity index (χ0) is 10.2. The number of carbonyl (C=O) groups is 3. The fourth-order valence-corrected chi connectivity index (χ4v) is 1.64. The molecule has 72 valence electrons. The van der Waals surface area contributed by atoms with E-state index in [1.165, 1.54) is 0 Å². The Balaban J connectivity index is 2.99. The van der Waals surface area contributed by atoms with Gasteiger partial charge in [-0.05, 0) is 5.41 Å². The van der Waals surface area contributed by atoms with E-state index in [2.05, 4.69) is 5.32 Å². The van der Waals surface area contributed by atoms with Crippen LogP contribution in [0.25, 0.3) is 0 Å². The molecule has 5 nitrogen and oxygen atoms in total. The van der Waals surface area contributed by atoms with Crippen LogP contribution in [0.15, 0.2) is 0 Å². The second-order valence-corrected chi connectivity index (χ2v) is 3.91. The fraction of sp³-hybridized carbons (Fsp3) is 0.625. The molecule has 5 heteroatoms. The summed E-state index contributed by atoms with van der Waals surface area (Å²) in [6.45, 7) is 3.36. The Morgan fingerprint density at radius 2 is 2.08 bits per heavy atom. The lowest BCUT2D eigenvalue weighted by atomic mass is 9.73. The van der Waals surface area contributed by atoms with Crippen LogP contribution in [0, 0.1) is 11.3 Å². The maximum atomic E-state index is 11.2. The van der Waals surface area contributed by atoms with Crippen LogP contribution in [-0.2, 0) is 14.4 Å². The fourth-order valence-electron chi connectivity index (χ4n) is 1.64. The van der Waals surface area contributed by atoms with E-state index in [0.29, 0.717) is 0 Å². The molecule has 0 spiro atoms. The molecule has 1 aliphatic rings. The minimum atomic E-state index is -0.912. The number of carbonyl (C=O) groups excluding carboxylic acids is 3. The number of piperidine rings is 1. The number of imide groups is 1. The molecule has 1 heterocycles. The molecule has 0 aromatic heterocycles. The summed E-state index contributed by atoms with van der Waals surface area (Å²) < 4.78 is 0. The zero-order valence-electron chi connectivity index (χ0n) is 7.59. The molecule has 0 bridgehead atoms. The molecule has 0 aromatic carbocycles. The van der Waals surface area contributed by atoms with E-state index in [-0.39, 0.29) is 12.3 Å². The molecule has 1 aliphatic heterocycles. The molecule has 13 heavy (non-hydrogen) atoms. The number of primary amides is 1. The Hall–Kier alpha value is -1.39. The van der Waals surface area contributed by atoms with E-state index in [0.717, 1.165) is 0 Å². The summed E-state index contributed by atoms with van der Waals surface area (Å²) in [5.74, 6) is -2.54. The maximum absolute atomic E-state index is 11.2. The van der Waals surface area contributed by atoms with E-state index < -0.39 is 23.1 Å². The molecule has 0 aromatic rings. The quantitative estimate of drug-likeness (QED) is 0.411. The van der Waals surface area contributed by atoms with Gasteiger partial charge in [0, 0.05) is 6.42 Å². The normalized spacial score (nSPS) is 26.8. The number of hydrogen-bond acceptors (Lipinski definition) is 3. The zero-order valence-corrected chi connectivity index (χ0v) is 7.59. The standard InChI is InChI=1S/C8H12N2O3/c1-8(2)3-4(11)10-7(13)5(8)6(9)12/h5H,3H2,1-2H3,(H2,9,12)(H,10,11,13). The third kappa shape index (κ3) is 1.68. The highest BCUT2D eigenvalue weighted by molar-refractivity contribution is 6.09. The molecule has 1 fully saturated rings. The van der Waals surface area contributed by atoms with Crippen molar-refractivity contribution in [2.75, 3.05) is 0 Å². The summed E-state index contributed by atoms with van der Waals surface area (Å²) in [5.41, 5.74) is 4.39. The monoisotopic (exact) mass is 184 g/mol. The second kappa shape index (κ2) is 2.83. The molecular formula is C8H12N2O3. The van der Waals surface area contributed by atoms with E-state index in [9.17, 15) is 14.4 Å². The lowest BCUT2D eigenvalue weighted by molar-refractivity contribution is -0.147. The van der Waals surface area contributed by atoms with Gasteiger partial charge in [0.1, 0.15) is 5.92 Å². The summed E-state index contributed by atoms with van der Waals surface area (Å²) in [6.07, 6.45) is 0.145. The third-order valence-electron chi connectivity index (χ3n) is 2.21. The summed E-state index contributed by atoms with van der Waals surface area (Å²) in [7, 11) is 0. The van der Waals surface area contributed by atoms with Gasteiger partial charge in [-0.2, -0.15) is 0 Å². The van der Waals surface area contributed by atoms with Gasteiger partial charge in [0.05, 0.1) is 0 Å². The van der Waals surface area contributed by atoms with Crippen molar-refractivity contribution in [3.63, 3.8) is 0 Å². The van der Waals surface area contributed by atoms with E-state index in [4.69, 9.17) is 5.73 Å². The Morgan fingerprint density at radius 1 is 1.54 bits per heavy atom.